The van der Waals surface area contributed by atoms with Crippen LogP contribution in [0.1, 0.15) is 44.6 Å². The Morgan fingerprint density at radius 1 is 1.29 bits per heavy atom. The molecule has 112 valence electrons. The third-order valence-electron chi connectivity index (χ3n) is 4.32. The van der Waals surface area contributed by atoms with E-state index in [1.807, 2.05) is 0 Å². The van der Waals surface area contributed by atoms with Gasteiger partial charge in [0.05, 0.1) is 24.2 Å². The molecule has 0 radical (unpaired) electrons. The molecule has 0 spiro atoms. The largest absolute Gasteiger partial charge is 0.325 e. The predicted octanol–water partition coefficient (Wildman–Crippen LogP) is 1.73. The van der Waals surface area contributed by atoms with E-state index in [4.69, 9.17) is 5.26 Å². The van der Waals surface area contributed by atoms with Gasteiger partial charge in [-0.25, -0.2) is 0 Å². The van der Waals surface area contributed by atoms with E-state index in [2.05, 4.69) is 18.3 Å². The Kier molecular flexibility index (Phi) is 5.77. The topological polar surface area (TPSA) is 57.3 Å². The molecule has 4 nitrogen and oxygen atoms in total. The van der Waals surface area contributed by atoms with Gasteiger partial charge in [-0.2, -0.15) is 5.26 Å². The molecular weight excluding hydrogens is 262 g/mol. The number of hydrogen-bond donors (Lipinski definition) is 2. The minimum atomic E-state index is 0.0575. The molecule has 4 heteroatoms. The van der Waals surface area contributed by atoms with Crippen molar-refractivity contribution in [2.45, 2.75) is 45.1 Å². The van der Waals surface area contributed by atoms with E-state index in [0.717, 1.165) is 12.2 Å². The summed E-state index contributed by atoms with van der Waals surface area (Å²) in [4.78, 5) is 13.6. The number of nitrogens with zero attached hydrogens (tertiary/aromatic N) is 1. The molecule has 0 aliphatic heterocycles. The predicted molar refractivity (Wildman–Crippen MR) is 83.0 cm³/mol. The SMILES string of the molecule is CC[NH+](CC(=O)Nc1ccc(C#N)cc1)C1CCCCC1. The van der Waals surface area contributed by atoms with E-state index in [1.54, 1.807) is 24.3 Å². The molecule has 0 saturated heterocycles. The number of benzene rings is 1. The van der Waals surface area contributed by atoms with E-state index >= 15 is 0 Å². The molecule has 1 fully saturated rings. The Balaban J connectivity index is 1.88. The van der Waals surface area contributed by atoms with Crippen LogP contribution in [-0.4, -0.2) is 25.0 Å². The van der Waals surface area contributed by atoms with Gasteiger partial charge in [-0.05, 0) is 56.9 Å². The van der Waals surface area contributed by atoms with Crippen LogP contribution in [0.15, 0.2) is 24.3 Å². The number of likely N-dealkylation sites (N-methyl/N-ethyl adjacent to an activating group) is 1. The van der Waals surface area contributed by atoms with Gasteiger partial charge in [0, 0.05) is 5.69 Å². The van der Waals surface area contributed by atoms with Crippen molar-refractivity contribution in [3.05, 3.63) is 29.8 Å². The molecule has 1 atom stereocenters. The highest BCUT2D eigenvalue weighted by Crippen LogP contribution is 2.15. The van der Waals surface area contributed by atoms with E-state index in [1.165, 1.54) is 37.0 Å². The zero-order valence-corrected chi connectivity index (χ0v) is 12.7. The first-order valence-electron chi connectivity index (χ1n) is 7.87. The van der Waals surface area contributed by atoms with E-state index in [9.17, 15) is 4.79 Å². The highest BCUT2D eigenvalue weighted by molar-refractivity contribution is 5.91. The summed E-state index contributed by atoms with van der Waals surface area (Å²) in [6, 6.07) is 9.72. The summed E-state index contributed by atoms with van der Waals surface area (Å²) >= 11 is 0. The summed E-state index contributed by atoms with van der Waals surface area (Å²) in [5, 5.41) is 11.7. The second-order valence-electron chi connectivity index (χ2n) is 5.76. The van der Waals surface area contributed by atoms with E-state index < -0.39 is 0 Å². The Morgan fingerprint density at radius 3 is 2.52 bits per heavy atom. The zero-order valence-electron chi connectivity index (χ0n) is 12.7. The lowest BCUT2D eigenvalue weighted by atomic mass is 9.94. The molecule has 1 amide bonds. The third-order valence-corrected chi connectivity index (χ3v) is 4.32. The first-order chi connectivity index (χ1) is 10.2. The van der Waals surface area contributed by atoms with Crippen molar-refractivity contribution in [2.75, 3.05) is 18.4 Å². The number of quaternary nitrogens is 1. The van der Waals surface area contributed by atoms with Crippen LogP contribution in [0.2, 0.25) is 0 Å². The van der Waals surface area contributed by atoms with Gasteiger partial charge in [0.1, 0.15) is 0 Å². The molecule has 1 aromatic carbocycles. The van der Waals surface area contributed by atoms with Crippen LogP contribution in [0.25, 0.3) is 0 Å². The number of carbonyl (C=O) groups is 1. The van der Waals surface area contributed by atoms with Crippen molar-refractivity contribution in [1.29, 1.82) is 5.26 Å². The summed E-state index contributed by atoms with van der Waals surface area (Å²) in [6.45, 7) is 3.67. The summed E-state index contributed by atoms with van der Waals surface area (Å²) in [5.41, 5.74) is 1.37. The van der Waals surface area contributed by atoms with Crippen LogP contribution in [0.4, 0.5) is 5.69 Å². The van der Waals surface area contributed by atoms with Crippen LogP contribution in [-0.2, 0) is 4.79 Å². The molecule has 1 aliphatic rings. The first kappa shape index (κ1) is 15.5. The molecule has 2 rings (SSSR count). The number of nitriles is 1. The first-order valence-corrected chi connectivity index (χ1v) is 7.87. The summed E-state index contributed by atoms with van der Waals surface area (Å²) < 4.78 is 0. The number of rotatable bonds is 5. The molecule has 21 heavy (non-hydrogen) atoms. The Labute approximate surface area is 126 Å². The number of anilines is 1. The summed E-state index contributed by atoms with van der Waals surface area (Å²) in [6.07, 6.45) is 6.42. The fourth-order valence-electron chi connectivity index (χ4n) is 3.11. The molecule has 1 unspecified atom stereocenters. The summed E-state index contributed by atoms with van der Waals surface area (Å²) in [7, 11) is 0. The second-order valence-corrected chi connectivity index (χ2v) is 5.76. The zero-order chi connectivity index (χ0) is 15.1. The minimum absolute atomic E-state index is 0.0575. The molecule has 1 aliphatic carbocycles. The molecule has 2 N–H and O–H groups in total. The quantitative estimate of drug-likeness (QED) is 0.866. The highest BCUT2D eigenvalue weighted by Gasteiger charge is 2.25. The second kappa shape index (κ2) is 7.80. The lowest BCUT2D eigenvalue weighted by Gasteiger charge is -2.30. The van der Waals surface area contributed by atoms with E-state index in [-0.39, 0.29) is 5.91 Å². The normalized spacial score (nSPS) is 17.0. The van der Waals surface area contributed by atoms with Gasteiger partial charge >= 0.3 is 0 Å². The van der Waals surface area contributed by atoms with Crippen molar-refractivity contribution < 1.29 is 9.69 Å². The van der Waals surface area contributed by atoms with Gasteiger partial charge in [-0.1, -0.05) is 6.42 Å². The maximum absolute atomic E-state index is 12.2. The Morgan fingerprint density at radius 2 is 1.95 bits per heavy atom. The van der Waals surface area contributed by atoms with Crippen LogP contribution >= 0.6 is 0 Å². The third kappa shape index (κ3) is 4.57. The Hall–Kier alpha value is -1.86. The van der Waals surface area contributed by atoms with Crippen LogP contribution in [0, 0.1) is 11.3 Å². The smallest absolute Gasteiger partial charge is 0.279 e. The number of amides is 1. The Bertz CT molecular complexity index is 498. The lowest BCUT2D eigenvalue weighted by molar-refractivity contribution is -0.917. The van der Waals surface area contributed by atoms with Gasteiger partial charge < -0.3 is 10.2 Å². The fraction of sp³-hybridized carbons (Fsp3) is 0.529. The standard InChI is InChI=1S/C17H23N3O/c1-2-20(16-6-4-3-5-7-16)13-17(21)19-15-10-8-14(12-18)9-11-15/h8-11,16H,2-7,13H2,1H3,(H,19,21)/p+1. The minimum Gasteiger partial charge on any atom is -0.325 e. The molecule has 1 aromatic rings. The highest BCUT2D eigenvalue weighted by atomic mass is 16.2. The van der Waals surface area contributed by atoms with Gasteiger partial charge in [0.2, 0.25) is 0 Å². The van der Waals surface area contributed by atoms with Crippen molar-refractivity contribution >= 4 is 11.6 Å². The molecule has 0 bridgehead atoms. The van der Waals surface area contributed by atoms with Crippen molar-refractivity contribution in [1.82, 2.24) is 0 Å². The maximum atomic E-state index is 12.2. The van der Waals surface area contributed by atoms with Crippen LogP contribution in [0.3, 0.4) is 0 Å². The molecule has 1 saturated carbocycles. The monoisotopic (exact) mass is 286 g/mol. The maximum Gasteiger partial charge on any atom is 0.279 e. The average Bonchev–Trinajstić information content (AvgIpc) is 2.54. The van der Waals surface area contributed by atoms with Gasteiger partial charge in [-0.15, -0.1) is 0 Å². The van der Waals surface area contributed by atoms with Gasteiger partial charge in [-0.3, -0.25) is 4.79 Å². The van der Waals surface area contributed by atoms with E-state index in [0.29, 0.717) is 18.2 Å². The molecular formula is C17H24N3O+. The summed E-state index contributed by atoms with van der Waals surface area (Å²) in [5.74, 6) is 0.0575. The van der Waals surface area contributed by atoms with Crippen molar-refractivity contribution in [3.63, 3.8) is 0 Å². The van der Waals surface area contributed by atoms with Crippen molar-refractivity contribution in [2.24, 2.45) is 0 Å². The number of nitrogens with one attached hydrogen (secondary N) is 2. The molecule has 0 heterocycles. The van der Waals surface area contributed by atoms with Gasteiger partial charge in [0.25, 0.3) is 5.91 Å². The fourth-order valence-corrected chi connectivity index (χ4v) is 3.11. The average molecular weight is 286 g/mol. The van der Waals surface area contributed by atoms with Crippen molar-refractivity contribution in [3.8, 4) is 6.07 Å². The number of hydrogen-bond acceptors (Lipinski definition) is 2. The van der Waals surface area contributed by atoms with Crippen LogP contribution in [0.5, 0.6) is 0 Å². The van der Waals surface area contributed by atoms with Crippen LogP contribution < -0.4 is 10.2 Å². The molecule has 0 aromatic heterocycles. The van der Waals surface area contributed by atoms with Gasteiger partial charge in [0.15, 0.2) is 6.54 Å². The lowest BCUT2D eigenvalue weighted by Crippen LogP contribution is -3.16. The number of carbonyl (C=O) groups excluding carboxylic acids is 1.